The van der Waals surface area contributed by atoms with Gasteiger partial charge in [-0.3, -0.25) is 4.79 Å². The van der Waals surface area contributed by atoms with Crippen molar-refractivity contribution in [1.82, 2.24) is 0 Å². The minimum absolute atomic E-state index is 0.135. The van der Waals surface area contributed by atoms with Crippen LogP contribution in [0, 0.1) is 6.92 Å². The number of halogens is 1. The van der Waals surface area contributed by atoms with Gasteiger partial charge in [-0.05, 0) is 24.6 Å². The minimum atomic E-state index is -0.915. The Balaban J connectivity index is 2.90. The van der Waals surface area contributed by atoms with Crippen LogP contribution in [0.4, 0.5) is 5.69 Å². The summed E-state index contributed by atoms with van der Waals surface area (Å²) >= 11 is 5.90. The zero-order valence-electron chi connectivity index (χ0n) is 8.50. The van der Waals surface area contributed by atoms with Crippen LogP contribution in [0.1, 0.15) is 5.56 Å². The number of carboxylic acids is 1. The summed E-state index contributed by atoms with van der Waals surface area (Å²) in [6.45, 7) is 1.71. The van der Waals surface area contributed by atoms with Gasteiger partial charge in [0.2, 0.25) is 0 Å². The lowest BCUT2D eigenvalue weighted by Crippen LogP contribution is -2.13. The molecule has 0 fully saturated rings. The lowest BCUT2D eigenvalue weighted by Gasteiger charge is -2.10. The van der Waals surface area contributed by atoms with Gasteiger partial charge in [-0.25, -0.2) is 0 Å². The molecule has 5 heteroatoms. The Morgan fingerprint density at radius 2 is 2.27 bits per heavy atom. The first-order chi connectivity index (χ1) is 7.04. The van der Waals surface area contributed by atoms with E-state index < -0.39 is 5.97 Å². The summed E-state index contributed by atoms with van der Waals surface area (Å²) in [4.78, 5) is 10.4. The molecule has 0 aromatic heterocycles. The zero-order valence-corrected chi connectivity index (χ0v) is 9.26. The summed E-state index contributed by atoms with van der Waals surface area (Å²) in [5, 5.41) is 11.7. The maximum Gasteiger partial charge on any atom is 0.322 e. The number of aryl methyl sites for hydroxylation is 1. The first-order valence-corrected chi connectivity index (χ1v) is 4.72. The second-order valence-corrected chi connectivity index (χ2v) is 3.46. The van der Waals surface area contributed by atoms with E-state index in [-0.39, 0.29) is 6.54 Å². The normalized spacial score (nSPS) is 9.80. The van der Waals surface area contributed by atoms with Crippen molar-refractivity contribution in [1.29, 1.82) is 0 Å². The number of methoxy groups -OCH3 is 1. The number of hydrogen-bond donors (Lipinski definition) is 2. The van der Waals surface area contributed by atoms with Crippen molar-refractivity contribution in [2.24, 2.45) is 0 Å². The largest absolute Gasteiger partial charge is 0.495 e. The summed E-state index contributed by atoms with van der Waals surface area (Å²) in [7, 11) is 1.53. The Hall–Kier alpha value is -1.42. The second kappa shape index (κ2) is 4.89. The number of rotatable bonds is 4. The van der Waals surface area contributed by atoms with Crippen molar-refractivity contribution < 1.29 is 14.6 Å². The van der Waals surface area contributed by atoms with Crippen LogP contribution in [0.3, 0.4) is 0 Å². The fourth-order valence-corrected chi connectivity index (χ4v) is 1.41. The molecule has 1 aromatic rings. The van der Waals surface area contributed by atoms with Crippen LogP contribution in [-0.4, -0.2) is 24.7 Å². The molecule has 0 aliphatic carbocycles. The lowest BCUT2D eigenvalue weighted by molar-refractivity contribution is -0.134. The van der Waals surface area contributed by atoms with E-state index in [1.165, 1.54) is 7.11 Å². The van der Waals surface area contributed by atoms with Crippen LogP contribution in [-0.2, 0) is 4.79 Å². The predicted molar refractivity (Wildman–Crippen MR) is 58.9 cm³/mol. The van der Waals surface area contributed by atoms with Gasteiger partial charge in [0.15, 0.2) is 0 Å². The van der Waals surface area contributed by atoms with Gasteiger partial charge >= 0.3 is 5.97 Å². The highest BCUT2D eigenvalue weighted by Crippen LogP contribution is 2.30. The van der Waals surface area contributed by atoms with E-state index >= 15 is 0 Å². The summed E-state index contributed by atoms with van der Waals surface area (Å²) in [6, 6.07) is 3.41. The van der Waals surface area contributed by atoms with Gasteiger partial charge in [-0.2, -0.15) is 0 Å². The number of carbonyl (C=O) groups is 1. The molecule has 0 heterocycles. The van der Waals surface area contributed by atoms with Gasteiger partial charge in [0.05, 0.1) is 12.1 Å². The molecular weight excluding hydrogens is 218 g/mol. The molecule has 0 saturated carbocycles. The Bertz CT molecular complexity index is 379. The quantitative estimate of drug-likeness (QED) is 0.831. The molecular formula is C10H12ClNO3. The third kappa shape index (κ3) is 3.02. The summed E-state index contributed by atoms with van der Waals surface area (Å²) in [6.07, 6.45) is 0. The van der Waals surface area contributed by atoms with E-state index in [1.807, 2.05) is 6.92 Å². The van der Waals surface area contributed by atoms with E-state index in [1.54, 1.807) is 12.1 Å². The molecule has 1 rings (SSSR count). The van der Waals surface area contributed by atoms with Crippen LogP contribution in [0.15, 0.2) is 12.1 Å². The van der Waals surface area contributed by atoms with Gasteiger partial charge in [0.1, 0.15) is 12.3 Å². The Morgan fingerprint density at radius 1 is 1.60 bits per heavy atom. The van der Waals surface area contributed by atoms with Crippen LogP contribution in [0.2, 0.25) is 5.02 Å². The van der Waals surface area contributed by atoms with Gasteiger partial charge < -0.3 is 15.2 Å². The molecule has 4 nitrogen and oxygen atoms in total. The molecule has 0 saturated heterocycles. The SMILES string of the molecule is COc1cc(C)c(NCC(=O)O)cc1Cl. The molecule has 0 spiro atoms. The molecule has 0 unspecified atom stereocenters. The molecule has 1 aromatic carbocycles. The van der Waals surface area contributed by atoms with Crippen molar-refractivity contribution in [3.63, 3.8) is 0 Å². The average molecular weight is 230 g/mol. The third-order valence-corrected chi connectivity index (χ3v) is 2.22. The topological polar surface area (TPSA) is 58.6 Å². The molecule has 0 aliphatic heterocycles. The molecule has 0 bridgehead atoms. The summed E-state index contributed by atoms with van der Waals surface area (Å²) in [5.41, 5.74) is 1.58. The van der Waals surface area contributed by atoms with Crippen molar-refractivity contribution >= 4 is 23.3 Å². The number of ether oxygens (including phenoxy) is 1. The van der Waals surface area contributed by atoms with Crippen molar-refractivity contribution in [2.45, 2.75) is 6.92 Å². The smallest absolute Gasteiger partial charge is 0.322 e. The van der Waals surface area contributed by atoms with Crippen molar-refractivity contribution in [3.05, 3.63) is 22.7 Å². The van der Waals surface area contributed by atoms with Crippen LogP contribution in [0.5, 0.6) is 5.75 Å². The maximum absolute atomic E-state index is 10.4. The highest BCUT2D eigenvalue weighted by molar-refractivity contribution is 6.32. The highest BCUT2D eigenvalue weighted by Gasteiger charge is 2.06. The third-order valence-electron chi connectivity index (χ3n) is 1.93. The summed E-state index contributed by atoms with van der Waals surface area (Å²) < 4.78 is 5.03. The number of benzene rings is 1. The number of aliphatic carboxylic acids is 1. The number of nitrogens with one attached hydrogen (secondary N) is 1. The van der Waals surface area contributed by atoms with Gasteiger partial charge in [-0.15, -0.1) is 0 Å². The van der Waals surface area contributed by atoms with E-state index in [0.717, 1.165) is 5.56 Å². The van der Waals surface area contributed by atoms with E-state index in [9.17, 15) is 4.79 Å². The van der Waals surface area contributed by atoms with E-state index in [4.69, 9.17) is 21.4 Å². The van der Waals surface area contributed by atoms with Gasteiger partial charge in [0.25, 0.3) is 0 Å². The molecule has 0 amide bonds. The van der Waals surface area contributed by atoms with Crippen LogP contribution >= 0.6 is 11.6 Å². The Morgan fingerprint density at radius 3 is 2.80 bits per heavy atom. The first kappa shape index (κ1) is 11.7. The number of hydrogen-bond acceptors (Lipinski definition) is 3. The van der Waals surface area contributed by atoms with Crippen LogP contribution in [0.25, 0.3) is 0 Å². The van der Waals surface area contributed by atoms with Crippen molar-refractivity contribution in [3.8, 4) is 5.75 Å². The molecule has 0 radical (unpaired) electrons. The summed E-state index contributed by atoms with van der Waals surface area (Å²) in [5.74, 6) is -0.337. The van der Waals surface area contributed by atoms with E-state index in [0.29, 0.717) is 16.5 Å². The maximum atomic E-state index is 10.4. The second-order valence-electron chi connectivity index (χ2n) is 3.05. The molecule has 2 N–H and O–H groups in total. The van der Waals surface area contributed by atoms with Gasteiger partial charge in [-0.1, -0.05) is 11.6 Å². The fourth-order valence-electron chi connectivity index (χ4n) is 1.17. The zero-order chi connectivity index (χ0) is 11.4. The molecule has 0 aliphatic rings. The Labute approximate surface area is 92.8 Å². The van der Waals surface area contributed by atoms with Crippen LogP contribution < -0.4 is 10.1 Å². The Kier molecular flexibility index (Phi) is 3.80. The molecule has 15 heavy (non-hydrogen) atoms. The lowest BCUT2D eigenvalue weighted by atomic mass is 10.2. The number of anilines is 1. The number of carboxylic acid groups (broad SMARTS) is 1. The first-order valence-electron chi connectivity index (χ1n) is 4.34. The van der Waals surface area contributed by atoms with Crippen molar-refractivity contribution in [2.75, 3.05) is 19.0 Å². The fraction of sp³-hybridized carbons (Fsp3) is 0.300. The predicted octanol–water partition coefficient (Wildman–Crippen LogP) is 2.15. The average Bonchev–Trinajstić information content (AvgIpc) is 2.18. The van der Waals surface area contributed by atoms with Gasteiger partial charge in [0, 0.05) is 5.69 Å². The molecule has 82 valence electrons. The highest BCUT2D eigenvalue weighted by atomic mass is 35.5. The van der Waals surface area contributed by atoms with E-state index in [2.05, 4.69) is 5.32 Å². The molecule has 0 atom stereocenters. The minimum Gasteiger partial charge on any atom is -0.495 e. The standard InChI is InChI=1S/C10H12ClNO3/c1-6-3-9(15-2)7(11)4-8(6)12-5-10(13)14/h3-4,12H,5H2,1-2H3,(H,13,14). The monoisotopic (exact) mass is 229 g/mol.